The number of likely N-dealkylation sites (N-methyl/N-ethyl adjacent to an activating group) is 1. The van der Waals surface area contributed by atoms with Gasteiger partial charge in [0.05, 0.1) is 6.54 Å². The van der Waals surface area contributed by atoms with Gasteiger partial charge in [0.2, 0.25) is 5.91 Å². The minimum Gasteiger partial charge on any atom is -0.399 e. The number of nitrogens with one attached hydrogen (secondary N) is 2. The molecule has 4 heteroatoms. The number of hydrogen-bond donors (Lipinski definition) is 3. The molecular weight excluding hydrogens is 190 g/mol. The fourth-order valence-electron chi connectivity index (χ4n) is 1.36. The van der Waals surface area contributed by atoms with E-state index in [-0.39, 0.29) is 12.5 Å². The van der Waals surface area contributed by atoms with Gasteiger partial charge >= 0.3 is 0 Å². The van der Waals surface area contributed by atoms with E-state index in [4.69, 9.17) is 5.73 Å². The van der Waals surface area contributed by atoms with Gasteiger partial charge in [-0.05, 0) is 37.6 Å². The molecule has 1 aromatic carbocycles. The summed E-state index contributed by atoms with van der Waals surface area (Å²) < 4.78 is 0. The summed E-state index contributed by atoms with van der Waals surface area (Å²) in [5.41, 5.74) is 8.34. The van der Waals surface area contributed by atoms with Gasteiger partial charge in [0.1, 0.15) is 0 Å². The Bertz CT molecular complexity index is 329. The van der Waals surface area contributed by atoms with E-state index >= 15 is 0 Å². The summed E-state index contributed by atoms with van der Waals surface area (Å²) in [6, 6.07) is 5.65. The summed E-state index contributed by atoms with van der Waals surface area (Å²) in [6.07, 6.45) is 0. The first-order valence-corrected chi connectivity index (χ1v) is 4.99. The molecule has 0 spiro atoms. The van der Waals surface area contributed by atoms with E-state index in [2.05, 4.69) is 10.6 Å². The number of hydrogen-bond acceptors (Lipinski definition) is 3. The van der Waals surface area contributed by atoms with Crippen molar-refractivity contribution in [2.75, 3.05) is 24.1 Å². The first-order chi connectivity index (χ1) is 7.11. The number of aryl methyl sites for hydroxylation is 1. The van der Waals surface area contributed by atoms with Gasteiger partial charge in [0, 0.05) is 17.9 Å². The van der Waals surface area contributed by atoms with Crippen LogP contribution in [0.15, 0.2) is 18.2 Å². The van der Waals surface area contributed by atoms with E-state index in [1.54, 1.807) is 0 Å². The number of rotatable bonds is 4. The van der Waals surface area contributed by atoms with E-state index in [0.29, 0.717) is 12.2 Å². The molecule has 0 bridgehead atoms. The zero-order valence-corrected chi connectivity index (χ0v) is 9.13. The Morgan fingerprint density at radius 1 is 1.40 bits per heavy atom. The predicted molar refractivity (Wildman–Crippen MR) is 62.8 cm³/mol. The highest BCUT2D eigenvalue weighted by molar-refractivity contribution is 5.80. The van der Waals surface area contributed by atoms with Crippen LogP contribution in [0.2, 0.25) is 0 Å². The average Bonchev–Trinajstić information content (AvgIpc) is 2.14. The normalized spacial score (nSPS) is 9.73. The molecule has 0 heterocycles. The van der Waals surface area contributed by atoms with E-state index in [9.17, 15) is 4.79 Å². The lowest BCUT2D eigenvalue weighted by molar-refractivity contribution is -0.119. The van der Waals surface area contributed by atoms with Gasteiger partial charge in [0.15, 0.2) is 0 Å². The molecule has 0 fully saturated rings. The second-order valence-corrected chi connectivity index (χ2v) is 3.44. The Balaban J connectivity index is 2.54. The van der Waals surface area contributed by atoms with Crippen LogP contribution in [0.1, 0.15) is 12.5 Å². The average molecular weight is 207 g/mol. The summed E-state index contributed by atoms with van der Waals surface area (Å²) in [7, 11) is 0. The molecule has 1 rings (SSSR count). The zero-order valence-electron chi connectivity index (χ0n) is 9.13. The minimum atomic E-state index is -0.0161. The van der Waals surface area contributed by atoms with Crippen LogP contribution >= 0.6 is 0 Å². The molecule has 0 atom stereocenters. The maximum absolute atomic E-state index is 11.2. The Labute approximate surface area is 89.9 Å². The van der Waals surface area contributed by atoms with Crippen molar-refractivity contribution >= 4 is 17.3 Å². The molecule has 0 aliphatic carbocycles. The van der Waals surface area contributed by atoms with Crippen LogP contribution in [0.4, 0.5) is 11.4 Å². The molecule has 1 aromatic rings. The van der Waals surface area contributed by atoms with Crippen molar-refractivity contribution in [2.24, 2.45) is 0 Å². The van der Waals surface area contributed by atoms with Crippen molar-refractivity contribution in [2.45, 2.75) is 13.8 Å². The van der Waals surface area contributed by atoms with E-state index in [1.807, 2.05) is 32.0 Å². The zero-order chi connectivity index (χ0) is 11.3. The maximum Gasteiger partial charge on any atom is 0.239 e. The van der Waals surface area contributed by atoms with Crippen LogP contribution in [-0.4, -0.2) is 19.0 Å². The Morgan fingerprint density at radius 2 is 2.13 bits per heavy atom. The van der Waals surface area contributed by atoms with Gasteiger partial charge in [0.25, 0.3) is 0 Å². The van der Waals surface area contributed by atoms with Gasteiger partial charge in [-0.3, -0.25) is 4.79 Å². The number of nitrogen functional groups attached to an aromatic ring is 1. The number of amides is 1. The van der Waals surface area contributed by atoms with Crippen LogP contribution in [0, 0.1) is 6.92 Å². The fraction of sp³-hybridized carbons (Fsp3) is 0.364. The third-order valence-corrected chi connectivity index (χ3v) is 1.93. The largest absolute Gasteiger partial charge is 0.399 e. The number of carbonyl (C=O) groups is 1. The predicted octanol–water partition coefficient (Wildman–Crippen LogP) is 1.13. The summed E-state index contributed by atoms with van der Waals surface area (Å²) in [6.45, 7) is 4.78. The summed E-state index contributed by atoms with van der Waals surface area (Å²) in [5, 5.41) is 5.73. The van der Waals surface area contributed by atoms with Crippen molar-refractivity contribution in [1.82, 2.24) is 5.32 Å². The van der Waals surface area contributed by atoms with Gasteiger partial charge in [-0.25, -0.2) is 0 Å². The monoisotopic (exact) mass is 207 g/mol. The highest BCUT2D eigenvalue weighted by Crippen LogP contribution is 2.15. The topological polar surface area (TPSA) is 67.2 Å². The van der Waals surface area contributed by atoms with Crippen molar-refractivity contribution in [3.63, 3.8) is 0 Å². The van der Waals surface area contributed by atoms with E-state index < -0.39 is 0 Å². The number of benzene rings is 1. The van der Waals surface area contributed by atoms with Crippen molar-refractivity contribution in [3.8, 4) is 0 Å². The quantitative estimate of drug-likeness (QED) is 0.648. The van der Waals surface area contributed by atoms with Gasteiger partial charge in [-0.2, -0.15) is 0 Å². The molecule has 0 unspecified atom stereocenters. The summed E-state index contributed by atoms with van der Waals surface area (Å²) >= 11 is 0. The van der Waals surface area contributed by atoms with Gasteiger partial charge in [-0.1, -0.05) is 0 Å². The molecule has 0 aliphatic rings. The van der Waals surface area contributed by atoms with Crippen LogP contribution in [0.25, 0.3) is 0 Å². The van der Waals surface area contributed by atoms with Gasteiger partial charge < -0.3 is 16.4 Å². The van der Waals surface area contributed by atoms with Crippen molar-refractivity contribution in [1.29, 1.82) is 0 Å². The Kier molecular flexibility index (Phi) is 3.97. The molecular formula is C11H17N3O. The molecule has 15 heavy (non-hydrogen) atoms. The minimum absolute atomic E-state index is 0.0161. The maximum atomic E-state index is 11.2. The third-order valence-electron chi connectivity index (χ3n) is 1.93. The SMILES string of the molecule is CCNC(=O)CNc1cc(C)cc(N)c1. The van der Waals surface area contributed by atoms with Gasteiger partial charge in [-0.15, -0.1) is 0 Å². The lowest BCUT2D eigenvalue weighted by atomic mass is 10.2. The number of nitrogens with two attached hydrogens (primary N) is 1. The van der Waals surface area contributed by atoms with Crippen LogP contribution < -0.4 is 16.4 Å². The molecule has 0 aliphatic heterocycles. The van der Waals surface area contributed by atoms with Crippen LogP contribution in [0.5, 0.6) is 0 Å². The molecule has 4 N–H and O–H groups in total. The van der Waals surface area contributed by atoms with Crippen LogP contribution in [0.3, 0.4) is 0 Å². The Hall–Kier alpha value is -1.71. The lowest BCUT2D eigenvalue weighted by Crippen LogP contribution is -2.29. The number of carbonyl (C=O) groups excluding carboxylic acids is 1. The molecule has 0 radical (unpaired) electrons. The van der Waals surface area contributed by atoms with E-state index in [1.165, 1.54) is 0 Å². The van der Waals surface area contributed by atoms with Crippen molar-refractivity contribution in [3.05, 3.63) is 23.8 Å². The fourth-order valence-corrected chi connectivity index (χ4v) is 1.36. The summed E-state index contributed by atoms with van der Waals surface area (Å²) in [4.78, 5) is 11.2. The number of anilines is 2. The second-order valence-electron chi connectivity index (χ2n) is 3.44. The standard InChI is InChI=1S/C11H17N3O/c1-3-13-11(15)7-14-10-5-8(2)4-9(12)6-10/h4-6,14H,3,7,12H2,1-2H3,(H,13,15). The molecule has 0 saturated heterocycles. The summed E-state index contributed by atoms with van der Waals surface area (Å²) in [5.74, 6) is -0.0161. The van der Waals surface area contributed by atoms with Crippen LogP contribution in [-0.2, 0) is 4.79 Å². The third kappa shape index (κ3) is 3.89. The molecule has 1 amide bonds. The lowest BCUT2D eigenvalue weighted by Gasteiger charge is -2.08. The molecule has 4 nitrogen and oxygen atoms in total. The first-order valence-electron chi connectivity index (χ1n) is 4.99. The van der Waals surface area contributed by atoms with E-state index in [0.717, 1.165) is 11.3 Å². The second kappa shape index (κ2) is 5.24. The first kappa shape index (κ1) is 11.4. The highest BCUT2D eigenvalue weighted by Gasteiger charge is 2.00. The van der Waals surface area contributed by atoms with Crippen molar-refractivity contribution < 1.29 is 4.79 Å². The molecule has 0 aromatic heterocycles. The Morgan fingerprint density at radius 3 is 2.73 bits per heavy atom. The molecule has 82 valence electrons. The smallest absolute Gasteiger partial charge is 0.239 e. The molecule has 0 saturated carbocycles. The highest BCUT2D eigenvalue weighted by atomic mass is 16.1.